The number of aromatic nitrogens is 3. The normalized spacial score (nSPS) is 18.3. The van der Waals surface area contributed by atoms with Crippen molar-refractivity contribution in [2.45, 2.75) is 39.2 Å². The lowest BCUT2D eigenvalue weighted by molar-refractivity contribution is -0.577. The Hall–Kier alpha value is -3.49. The predicted molar refractivity (Wildman–Crippen MR) is 131 cm³/mol. The van der Waals surface area contributed by atoms with Crippen molar-refractivity contribution in [2.24, 2.45) is 0 Å². The molecule has 2 aliphatic rings. The summed E-state index contributed by atoms with van der Waals surface area (Å²) in [5.41, 5.74) is 2.08. The van der Waals surface area contributed by atoms with E-state index in [1.54, 1.807) is 41.2 Å². The highest BCUT2D eigenvalue weighted by Crippen LogP contribution is 2.31. The third-order valence-electron chi connectivity index (χ3n) is 6.40. The summed E-state index contributed by atoms with van der Waals surface area (Å²) in [4.78, 5) is 42.4. The van der Waals surface area contributed by atoms with Crippen molar-refractivity contribution in [3.8, 4) is 5.69 Å². The van der Waals surface area contributed by atoms with Crippen LogP contribution in [0, 0.1) is 6.92 Å². The molecule has 180 valence electrons. The first-order valence-electron chi connectivity index (χ1n) is 11.7. The van der Waals surface area contributed by atoms with Gasteiger partial charge in [0.25, 0.3) is 17.2 Å². The largest absolute Gasteiger partial charge is 0.376 e. The van der Waals surface area contributed by atoms with Crippen LogP contribution in [0.2, 0.25) is 5.02 Å². The molecule has 0 saturated carbocycles. The zero-order chi connectivity index (χ0) is 24.7. The van der Waals surface area contributed by atoms with Crippen LogP contribution in [0.3, 0.4) is 0 Å². The Morgan fingerprint density at radius 3 is 2.69 bits per heavy atom. The SMILES string of the molecule is CCc1[nH]n(-c2cccc(Cl)c2)c(=O)c1C1=C([n+]2cccc(C)c2)C(=O)N(CC2CCCO2)C1=O. The van der Waals surface area contributed by atoms with Crippen molar-refractivity contribution in [1.82, 2.24) is 14.7 Å². The van der Waals surface area contributed by atoms with E-state index in [1.807, 2.05) is 26.0 Å². The van der Waals surface area contributed by atoms with Crippen LogP contribution in [-0.4, -0.2) is 45.8 Å². The summed E-state index contributed by atoms with van der Waals surface area (Å²) < 4.78 is 8.70. The number of halogens is 1. The lowest BCUT2D eigenvalue weighted by Crippen LogP contribution is -2.42. The number of nitrogens with zero attached hydrogens (tertiary/aromatic N) is 3. The molecular weight excluding hydrogens is 468 g/mol. The molecule has 2 aromatic heterocycles. The predicted octanol–water partition coefficient (Wildman–Crippen LogP) is 2.89. The monoisotopic (exact) mass is 493 g/mol. The molecule has 3 aromatic rings. The maximum absolute atomic E-state index is 13.8. The summed E-state index contributed by atoms with van der Waals surface area (Å²) in [5, 5.41) is 3.60. The minimum Gasteiger partial charge on any atom is -0.376 e. The number of carbonyl (C=O) groups excluding carboxylic acids is 2. The van der Waals surface area contributed by atoms with E-state index in [1.165, 1.54) is 9.58 Å². The van der Waals surface area contributed by atoms with Gasteiger partial charge in [0, 0.05) is 29.0 Å². The second-order valence-corrected chi connectivity index (χ2v) is 9.24. The van der Waals surface area contributed by atoms with Gasteiger partial charge in [-0.1, -0.05) is 24.6 Å². The molecule has 1 atom stereocenters. The van der Waals surface area contributed by atoms with Gasteiger partial charge in [-0.15, -0.1) is 0 Å². The number of carbonyl (C=O) groups is 2. The highest BCUT2D eigenvalue weighted by atomic mass is 35.5. The van der Waals surface area contributed by atoms with E-state index in [0.717, 1.165) is 18.4 Å². The van der Waals surface area contributed by atoms with Gasteiger partial charge in [0.1, 0.15) is 5.57 Å². The Bertz CT molecular complexity index is 1410. The minimum atomic E-state index is -0.487. The molecule has 1 unspecified atom stereocenters. The highest BCUT2D eigenvalue weighted by Gasteiger charge is 2.48. The molecule has 2 aliphatic heterocycles. The van der Waals surface area contributed by atoms with Crippen molar-refractivity contribution >= 4 is 34.7 Å². The summed E-state index contributed by atoms with van der Waals surface area (Å²) in [7, 11) is 0. The molecule has 5 rings (SSSR count). The Morgan fingerprint density at radius 2 is 2.00 bits per heavy atom. The molecule has 2 amide bonds. The standard InChI is InChI=1S/C26H25ClN4O4/c1-3-20-21(25(33)31(28-20)18-9-4-8-17(27)13-18)22-23(29-11-5-7-16(2)14-29)26(34)30(24(22)32)15-19-10-6-12-35-19/h4-5,7-9,11,13-14,19H,3,6,10,12,15H2,1-2H3/p+1. The molecule has 35 heavy (non-hydrogen) atoms. The molecular formula is C26H26ClN4O4+. The van der Waals surface area contributed by atoms with Crippen molar-refractivity contribution in [1.29, 1.82) is 0 Å². The van der Waals surface area contributed by atoms with Gasteiger partial charge < -0.3 is 4.74 Å². The lowest BCUT2D eigenvalue weighted by Gasteiger charge is -2.18. The summed E-state index contributed by atoms with van der Waals surface area (Å²) in [6, 6.07) is 10.6. The van der Waals surface area contributed by atoms with Crippen LogP contribution in [0.5, 0.6) is 0 Å². The van der Waals surface area contributed by atoms with Crippen molar-refractivity contribution in [2.75, 3.05) is 13.2 Å². The number of ether oxygens (including phenoxy) is 1. The van der Waals surface area contributed by atoms with Gasteiger partial charge in [-0.3, -0.25) is 24.4 Å². The second kappa shape index (κ2) is 9.28. The summed E-state index contributed by atoms with van der Waals surface area (Å²) in [6.45, 7) is 4.57. The molecule has 0 radical (unpaired) electrons. The number of nitrogens with one attached hydrogen (secondary N) is 1. The zero-order valence-corrected chi connectivity index (χ0v) is 20.3. The third kappa shape index (κ3) is 4.13. The molecule has 1 aromatic carbocycles. The molecule has 1 saturated heterocycles. The van der Waals surface area contributed by atoms with Crippen LogP contribution in [0.1, 0.15) is 36.6 Å². The first-order chi connectivity index (χ1) is 16.9. The second-order valence-electron chi connectivity index (χ2n) is 8.81. The Balaban J connectivity index is 1.71. The fourth-order valence-corrected chi connectivity index (χ4v) is 4.90. The molecule has 1 fully saturated rings. The molecule has 0 spiro atoms. The zero-order valence-electron chi connectivity index (χ0n) is 19.6. The summed E-state index contributed by atoms with van der Waals surface area (Å²) >= 11 is 6.16. The van der Waals surface area contributed by atoms with Crippen molar-refractivity contribution < 1.29 is 18.9 Å². The molecule has 1 N–H and O–H groups in total. The number of amides is 2. The Morgan fingerprint density at radius 1 is 1.17 bits per heavy atom. The first-order valence-corrected chi connectivity index (χ1v) is 12.1. The number of benzene rings is 1. The van der Waals surface area contributed by atoms with E-state index in [9.17, 15) is 14.4 Å². The van der Waals surface area contributed by atoms with Gasteiger partial charge >= 0.3 is 5.91 Å². The summed E-state index contributed by atoms with van der Waals surface area (Å²) in [6.07, 6.45) is 5.43. The van der Waals surface area contributed by atoms with Crippen LogP contribution < -0.4 is 10.1 Å². The minimum absolute atomic E-state index is 0.0995. The van der Waals surface area contributed by atoms with Crippen LogP contribution in [0.25, 0.3) is 17.0 Å². The maximum atomic E-state index is 13.8. The smallest absolute Gasteiger partial charge is 0.327 e. The Kier molecular flexibility index (Phi) is 6.17. The number of H-pyrrole nitrogens is 1. The third-order valence-corrected chi connectivity index (χ3v) is 6.63. The van der Waals surface area contributed by atoms with Crippen LogP contribution in [-0.2, 0) is 20.7 Å². The van der Waals surface area contributed by atoms with Gasteiger partial charge in [-0.05, 0) is 50.5 Å². The molecule has 9 heteroatoms. The van der Waals surface area contributed by atoms with Gasteiger partial charge in [0.05, 0.1) is 23.9 Å². The summed E-state index contributed by atoms with van der Waals surface area (Å²) in [5.74, 6) is -0.924. The fraction of sp³-hybridized carbons (Fsp3) is 0.308. The molecule has 4 heterocycles. The van der Waals surface area contributed by atoms with Crippen LogP contribution in [0.4, 0.5) is 0 Å². The highest BCUT2D eigenvalue weighted by molar-refractivity contribution is 6.44. The maximum Gasteiger partial charge on any atom is 0.327 e. The Labute approximate surface area is 207 Å². The number of aromatic amines is 1. The van der Waals surface area contributed by atoms with Gasteiger partial charge in [-0.2, -0.15) is 4.57 Å². The number of pyridine rings is 1. The average Bonchev–Trinajstić information content (AvgIpc) is 3.53. The number of imide groups is 1. The molecule has 0 bridgehead atoms. The van der Waals surface area contributed by atoms with E-state index in [4.69, 9.17) is 16.3 Å². The number of rotatable bonds is 6. The van der Waals surface area contributed by atoms with Gasteiger partial charge in [0.2, 0.25) is 0 Å². The van der Waals surface area contributed by atoms with Gasteiger partial charge in [-0.25, -0.2) is 4.68 Å². The van der Waals surface area contributed by atoms with E-state index < -0.39 is 17.4 Å². The fourth-order valence-electron chi connectivity index (χ4n) is 4.71. The van der Waals surface area contributed by atoms with Crippen molar-refractivity contribution in [3.63, 3.8) is 0 Å². The number of hydrogen-bond acceptors (Lipinski definition) is 4. The van der Waals surface area contributed by atoms with E-state index in [0.29, 0.717) is 29.4 Å². The molecule has 0 aliphatic carbocycles. The van der Waals surface area contributed by atoms with E-state index in [2.05, 4.69) is 5.10 Å². The number of hydrogen-bond donors (Lipinski definition) is 1. The average molecular weight is 494 g/mol. The van der Waals surface area contributed by atoms with E-state index >= 15 is 0 Å². The first kappa shape index (κ1) is 23.3. The topological polar surface area (TPSA) is 88.3 Å². The van der Waals surface area contributed by atoms with E-state index in [-0.39, 0.29) is 29.5 Å². The van der Waals surface area contributed by atoms with Gasteiger partial charge in [0.15, 0.2) is 12.4 Å². The lowest BCUT2D eigenvalue weighted by atomic mass is 10.0. The van der Waals surface area contributed by atoms with Crippen molar-refractivity contribution in [3.05, 3.63) is 81.0 Å². The number of aryl methyl sites for hydroxylation is 2. The van der Waals surface area contributed by atoms with Crippen LogP contribution >= 0.6 is 11.6 Å². The molecule has 8 nitrogen and oxygen atoms in total. The quantitative estimate of drug-likeness (QED) is 0.422. The van der Waals surface area contributed by atoms with Crippen LogP contribution in [0.15, 0.2) is 53.6 Å².